The second-order valence-electron chi connectivity index (χ2n) is 8.26. The molecule has 2 atom stereocenters. The van der Waals surface area contributed by atoms with Crippen LogP contribution in [-0.4, -0.2) is 5.91 Å². The first-order chi connectivity index (χ1) is 11.9. The lowest BCUT2D eigenvalue weighted by atomic mass is 10.1. The normalized spacial score (nSPS) is 21.9. The Bertz CT molecular complexity index is 887. The van der Waals surface area contributed by atoms with Gasteiger partial charge in [0.1, 0.15) is 0 Å². The Kier molecular flexibility index (Phi) is 3.61. The number of nitrogens with one attached hydrogen (secondary N) is 1. The number of anilines is 1. The number of fused-ring (bicyclic) bond motifs is 3. The topological polar surface area (TPSA) is 29.1 Å². The molecule has 25 heavy (non-hydrogen) atoms. The molecule has 0 saturated heterocycles. The van der Waals surface area contributed by atoms with Crippen LogP contribution in [0.2, 0.25) is 0 Å². The fraction of sp³-hybridized carbons (Fsp3) is 0.348. The molecule has 1 fully saturated rings. The second-order valence-corrected chi connectivity index (χ2v) is 8.26. The third-order valence-corrected chi connectivity index (χ3v) is 5.77. The van der Waals surface area contributed by atoms with Crippen molar-refractivity contribution in [3.05, 3.63) is 65.2 Å². The maximum absolute atomic E-state index is 12.8. The molecule has 1 saturated carbocycles. The third kappa shape index (κ3) is 2.70. The molecule has 0 unspecified atom stereocenters. The zero-order valence-electron chi connectivity index (χ0n) is 15.4. The van der Waals surface area contributed by atoms with Gasteiger partial charge >= 0.3 is 0 Å². The number of allylic oxidation sites excluding steroid dienone is 2. The minimum atomic E-state index is 0.0499. The van der Waals surface area contributed by atoms with Crippen LogP contribution in [0.1, 0.15) is 38.8 Å². The predicted octanol–water partition coefficient (Wildman–Crippen LogP) is 5.43. The summed E-state index contributed by atoms with van der Waals surface area (Å²) < 4.78 is 0. The molecule has 2 aliphatic carbocycles. The molecule has 0 bridgehead atoms. The molecule has 0 spiro atoms. The molecule has 2 heteroatoms. The summed E-state index contributed by atoms with van der Waals surface area (Å²) in [5.41, 5.74) is 7.53. The minimum absolute atomic E-state index is 0.0499. The van der Waals surface area contributed by atoms with Crippen LogP contribution in [0.4, 0.5) is 5.69 Å². The molecule has 2 aromatic carbocycles. The SMILES string of the molecule is CC(C)=C[C@H]1[C@@H](C(=O)Nc2ccc3c(c2)Cc2ccccc2-3)C1(C)C. The molecule has 4 rings (SSSR count). The van der Waals surface area contributed by atoms with Gasteiger partial charge in [0.25, 0.3) is 0 Å². The Morgan fingerprint density at radius 2 is 1.80 bits per heavy atom. The van der Waals surface area contributed by atoms with Crippen LogP contribution >= 0.6 is 0 Å². The average molecular weight is 331 g/mol. The molecule has 2 aromatic rings. The van der Waals surface area contributed by atoms with Crippen LogP contribution in [-0.2, 0) is 11.2 Å². The first-order valence-corrected chi connectivity index (χ1v) is 9.05. The Morgan fingerprint density at radius 3 is 2.56 bits per heavy atom. The van der Waals surface area contributed by atoms with Gasteiger partial charge in [0.05, 0.1) is 5.92 Å². The van der Waals surface area contributed by atoms with Crippen LogP contribution < -0.4 is 5.32 Å². The third-order valence-electron chi connectivity index (χ3n) is 5.77. The molecule has 0 radical (unpaired) electrons. The Labute approximate surface area is 150 Å². The minimum Gasteiger partial charge on any atom is -0.326 e. The zero-order chi connectivity index (χ0) is 17.8. The fourth-order valence-corrected chi connectivity index (χ4v) is 4.29. The highest BCUT2D eigenvalue weighted by molar-refractivity contribution is 5.96. The van der Waals surface area contributed by atoms with E-state index in [1.807, 2.05) is 6.07 Å². The highest BCUT2D eigenvalue weighted by Gasteiger charge is 2.60. The van der Waals surface area contributed by atoms with Gasteiger partial charge in [-0.1, -0.05) is 55.8 Å². The molecule has 128 valence electrons. The van der Waals surface area contributed by atoms with Crippen molar-refractivity contribution < 1.29 is 4.79 Å². The van der Waals surface area contributed by atoms with Crippen molar-refractivity contribution in [1.82, 2.24) is 0 Å². The van der Waals surface area contributed by atoms with Gasteiger partial charge in [-0.05, 0) is 66.0 Å². The van der Waals surface area contributed by atoms with Crippen LogP contribution in [0.15, 0.2) is 54.1 Å². The van der Waals surface area contributed by atoms with E-state index in [9.17, 15) is 4.79 Å². The summed E-state index contributed by atoms with van der Waals surface area (Å²) in [6, 6.07) is 14.8. The van der Waals surface area contributed by atoms with Crippen molar-refractivity contribution in [2.75, 3.05) is 5.32 Å². The summed E-state index contributed by atoms with van der Waals surface area (Å²) in [6.45, 7) is 8.56. The fourth-order valence-electron chi connectivity index (χ4n) is 4.29. The number of rotatable bonds is 3. The summed E-state index contributed by atoms with van der Waals surface area (Å²) in [7, 11) is 0. The largest absolute Gasteiger partial charge is 0.326 e. The van der Waals surface area contributed by atoms with E-state index in [1.54, 1.807) is 0 Å². The highest BCUT2D eigenvalue weighted by atomic mass is 16.2. The quantitative estimate of drug-likeness (QED) is 0.637. The number of carbonyl (C=O) groups is 1. The monoisotopic (exact) mass is 331 g/mol. The molecule has 0 heterocycles. The number of carbonyl (C=O) groups excluding carboxylic acids is 1. The second kappa shape index (κ2) is 5.59. The lowest BCUT2D eigenvalue weighted by Gasteiger charge is -2.08. The van der Waals surface area contributed by atoms with Crippen LogP contribution in [0.3, 0.4) is 0 Å². The molecule has 0 aliphatic heterocycles. The van der Waals surface area contributed by atoms with Gasteiger partial charge in [-0.2, -0.15) is 0 Å². The van der Waals surface area contributed by atoms with Crippen LogP contribution in [0.25, 0.3) is 11.1 Å². The molecule has 1 amide bonds. The molecule has 0 aromatic heterocycles. The number of hydrogen-bond donors (Lipinski definition) is 1. The smallest absolute Gasteiger partial charge is 0.228 e. The van der Waals surface area contributed by atoms with E-state index in [2.05, 4.69) is 75.5 Å². The standard InChI is InChI=1S/C23H25NO/c1-14(2)11-20-21(23(20,3)4)22(25)24-17-9-10-19-16(13-17)12-15-7-5-6-8-18(15)19/h5-11,13,20-21H,12H2,1-4H3,(H,24,25)/t20-,21-/m0/s1. The van der Waals surface area contributed by atoms with E-state index in [0.717, 1.165) is 12.1 Å². The van der Waals surface area contributed by atoms with Crippen molar-refractivity contribution in [2.24, 2.45) is 17.3 Å². The van der Waals surface area contributed by atoms with E-state index < -0.39 is 0 Å². The Balaban J connectivity index is 1.53. The summed E-state index contributed by atoms with van der Waals surface area (Å²) in [5.74, 6) is 0.548. The van der Waals surface area contributed by atoms with Gasteiger partial charge in [0.2, 0.25) is 5.91 Å². The zero-order valence-corrected chi connectivity index (χ0v) is 15.4. The molecule has 1 N–H and O–H groups in total. The molecular weight excluding hydrogens is 306 g/mol. The summed E-state index contributed by atoms with van der Waals surface area (Å²) in [6.07, 6.45) is 3.19. The molecule has 2 nitrogen and oxygen atoms in total. The van der Waals surface area contributed by atoms with Crippen molar-refractivity contribution in [3.63, 3.8) is 0 Å². The number of hydrogen-bond acceptors (Lipinski definition) is 1. The lowest BCUT2D eigenvalue weighted by molar-refractivity contribution is -0.118. The summed E-state index contributed by atoms with van der Waals surface area (Å²) >= 11 is 0. The van der Waals surface area contributed by atoms with Gasteiger partial charge in [0, 0.05) is 5.69 Å². The van der Waals surface area contributed by atoms with Crippen molar-refractivity contribution >= 4 is 11.6 Å². The number of benzene rings is 2. The predicted molar refractivity (Wildman–Crippen MR) is 104 cm³/mol. The van der Waals surface area contributed by atoms with E-state index in [0.29, 0.717) is 5.92 Å². The Morgan fingerprint density at radius 1 is 1.08 bits per heavy atom. The van der Waals surface area contributed by atoms with Crippen molar-refractivity contribution in [2.45, 2.75) is 34.1 Å². The molecular formula is C23H25NO. The number of amides is 1. The van der Waals surface area contributed by atoms with Crippen molar-refractivity contribution in [1.29, 1.82) is 0 Å². The maximum atomic E-state index is 12.8. The first kappa shape index (κ1) is 16.1. The van der Waals surface area contributed by atoms with Gasteiger partial charge in [-0.25, -0.2) is 0 Å². The first-order valence-electron chi connectivity index (χ1n) is 9.05. The highest BCUT2D eigenvalue weighted by Crippen LogP contribution is 2.59. The Hall–Kier alpha value is -2.35. The summed E-state index contributed by atoms with van der Waals surface area (Å²) in [5, 5.41) is 3.15. The van der Waals surface area contributed by atoms with E-state index in [-0.39, 0.29) is 17.2 Å². The van der Waals surface area contributed by atoms with E-state index in [4.69, 9.17) is 0 Å². The van der Waals surface area contributed by atoms with Crippen molar-refractivity contribution in [3.8, 4) is 11.1 Å². The lowest BCUT2D eigenvalue weighted by Crippen LogP contribution is -2.17. The van der Waals surface area contributed by atoms with Crippen LogP contribution in [0.5, 0.6) is 0 Å². The van der Waals surface area contributed by atoms with E-state index in [1.165, 1.54) is 27.8 Å². The van der Waals surface area contributed by atoms with Crippen LogP contribution in [0, 0.1) is 17.3 Å². The van der Waals surface area contributed by atoms with Gasteiger partial charge in [-0.3, -0.25) is 4.79 Å². The van der Waals surface area contributed by atoms with Gasteiger partial charge in [0.15, 0.2) is 0 Å². The van der Waals surface area contributed by atoms with E-state index >= 15 is 0 Å². The maximum Gasteiger partial charge on any atom is 0.228 e. The van der Waals surface area contributed by atoms with Gasteiger partial charge in [-0.15, -0.1) is 0 Å². The molecule has 2 aliphatic rings. The summed E-state index contributed by atoms with van der Waals surface area (Å²) in [4.78, 5) is 12.8. The average Bonchev–Trinajstić information content (AvgIpc) is 2.91. The van der Waals surface area contributed by atoms with Gasteiger partial charge < -0.3 is 5.32 Å².